The minimum Gasteiger partial charge on any atom is -0.325 e. The topological polar surface area (TPSA) is 63.2 Å². The number of carbonyl (C=O) groups is 3. The summed E-state index contributed by atoms with van der Waals surface area (Å²) in [6.07, 6.45) is 1.07. The van der Waals surface area contributed by atoms with E-state index in [2.05, 4.69) is 5.32 Å². The van der Waals surface area contributed by atoms with Gasteiger partial charge in [0.2, 0.25) is 5.91 Å². The molecule has 1 aliphatic carbocycles. The van der Waals surface area contributed by atoms with Crippen molar-refractivity contribution in [1.29, 1.82) is 0 Å². The van der Waals surface area contributed by atoms with Crippen molar-refractivity contribution in [2.24, 2.45) is 0 Å². The van der Waals surface area contributed by atoms with Gasteiger partial charge in [0.1, 0.15) is 0 Å². The van der Waals surface area contributed by atoms with Crippen molar-refractivity contribution in [1.82, 2.24) is 0 Å². The summed E-state index contributed by atoms with van der Waals surface area (Å²) >= 11 is 1.71. The van der Waals surface area contributed by atoms with Crippen molar-refractivity contribution in [2.45, 2.75) is 17.7 Å². The van der Waals surface area contributed by atoms with E-state index in [1.165, 1.54) is 4.90 Å². The van der Waals surface area contributed by atoms with Gasteiger partial charge in [0, 0.05) is 28.0 Å². The molecule has 0 aromatic heterocycles. The number of hydrogen-bond acceptors (Lipinski definition) is 4. The van der Waals surface area contributed by atoms with Gasteiger partial charge in [0.05, 0.1) is 11.3 Å². The Hall–Kier alpha value is -3.18. The smallest absolute Gasteiger partial charge is 0.224 e. The zero-order valence-corrected chi connectivity index (χ0v) is 16.5. The van der Waals surface area contributed by atoms with Crippen LogP contribution in [0, 0.1) is 0 Å². The molecule has 5 heteroatoms. The maximum absolute atomic E-state index is 13.0. The van der Waals surface area contributed by atoms with E-state index < -0.39 is 0 Å². The maximum Gasteiger partial charge on any atom is 0.224 e. The molecule has 1 N–H and O–H groups in total. The Morgan fingerprint density at radius 3 is 2.17 bits per heavy atom. The van der Waals surface area contributed by atoms with E-state index in [0.29, 0.717) is 28.8 Å². The molecule has 0 saturated heterocycles. The quantitative estimate of drug-likeness (QED) is 0.366. The summed E-state index contributed by atoms with van der Waals surface area (Å²) in [4.78, 5) is 39.3. The number of nitrogens with one attached hydrogen (secondary N) is 1. The number of anilines is 1. The van der Waals surface area contributed by atoms with Gasteiger partial charge >= 0.3 is 0 Å². The Balaban J connectivity index is 1.44. The second-order valence-electron chi connectivity index (χ2n) is 6.75. The van der Waals surface area contributed by atoms with Crippen LogP contribution in [0.3, 0.4) is 0 Å². The first-order chi connectivity index (χ1) is 14.1. The van der Waals surface area contributed by atoms with Crippen molar-refractivity contribution in [3.63, 3.8) is 0 Å². The minimum absolute atomic E-state index is 0.161. The van der Waals surface area contributed by atoms with Crippen LogP contribution in [0.5, 0.6) is 0 Å². The van der Waals surface area contributed by atoms with Crippen molar-refractivity contribution in [3.05, 3.63) is 95.1 Å². The van der Waals surface area contributed by atoms with Crippen LogP contribution < -0.4 is 5.32 Å². The fourth-order valence-corrected chi connectivity index (χ4v) is 4.28. The van der Waals surface area contributed by atoms with Crippen LogP contribution in [0.1, 0.15) is 44.7 Å². The van der Waals surface area contributed by atoms with Crippen molar-refractivity contribution >= 4 is 34.9 Å². The summed E-state index contributed by atoms with van der Waals surface area (Å²) in [5, 5.41) is 2.83. The Labute approximate surface area is 173 Å². The Bertz CT molecular complexity index is 1090. The average Bonchev–Trinajstić information content (AvgIpc) is 2.76. The molecule has 0 radical (unpaired) electrons. The Morgan fingerprint density at radius 2 is 1.41 bits per heavy atom. The van der Waals surface area contributed by atoms with Gasteiger partial charge in [-0.2, -0.15) is 0 Å². The molecule has 0 spiro atoms. The van der Waals surface area contributed by atoms with E-state index in [1.807, 2.05) is 30.3 Å². The highest BCUT2D eigenvalue weighted by atomic mass is 32.2. The molecule has 144 valence electrons. The molecule has 0 bridgehead atoms. The third-order valence-electron chi connectivity index (χ3n) is 4.79. The number of amides is 1. The Morgan fingerprint density at radius 1 is 0.759 bits per heavy atom. The molecular weight excluding hydrogens is 382 g/mol. The minimum atomic E-state index is -0.231. The van der Waals surface area contributed by atoms with Gasteiger partial charge in [-0.3, -0.25) is 14.4 Å². The zero-order valence-electron chi connectivity index (χ0n) is 15.7. The lowest BCUT2D eigenvalue weighted by molar-refractivity contribution is -0.116. The van der Waals surface area contributed by atoms with Gasteiger partial charge in [-0.15, -0.1) is 11.8 Å². The van der Waals surface area contributed by atoms with E-state index >= 15 is 0 Å². The van der Waals surface area contributed by atoms with Gasteiger partial charge in [0.15, 0.2) is 11.6 Å². The Kier molecular flexibility index (Phi) is 5.58. The summed E-state index contributed by atoms with van der Waals surface area (Å²) in [7, 11) is 0. The molecule has 0 fully saturated rings. The first kappa shape index (κ1) is 19.2. The van der Waals surface area contributed by atoms with Crippen LogP contribution in [0.25, 0.3) is 0 Å². The predicted molar refractivity (Wildman–Crippen MR) is 115 cm³/mol. The highest BCUT2D eigenvalue weighted by Crippen LogP contribution is 2.32. The summed E-state index contributed by atoms with van der Waals surface area (Å²) in [5.74, 6) is 0.247. The van der Waals surface area contributed by atoms with Gasteiger partial charge in [-0.1, -0.05) is 54.6 Å². The second-order valence-corrected chi connectivity index (χ2v) is 7.91. The number of rotatable bonds is 6. The zero-order chi connectivity index (χ0) is 20.2. The first-order valence-electron chi connectivity index (χ1n) is 9.44. The molecule has 4 nitrogen and oxygen atoms in total. The lowest BCUT2D eigenvalue weighted by Crippen LogP contribution is -2.23. The van der Waals surface area contributed by atoms with Gasteiger partial charge < -0.3 is 5.32 Å². The molecule has 0 unspecified atom stereocenters. The van der Waals surface area contributed by atoms with E-state index in [-0.39, 0.29) is 23.0 Å². The summed E-state index contributed by atoms with van der Waals surface area (Å²) < 4.78 is 0. The number of hydrogen-bond donors (Lipinski definition) is 1. The van der Waals surface area contributed by atoms with Gasteiger partial charge in [-0.05, 0) is 30.4 Å². The van der Waals surface area contributed by atoms with Crippen LogP contribution in [0.2, 0.25) is 0 Å². The molecule has 3 aromatic carbocycles. The predicted octanol–water partition coefficient (Wildman–Crippen LogP) is 4.97. The van der Waals surface area contributed by atoms with E-state index in [0.717, 1.165) is 12.2 Å². The van der Waals surface area contributed by atoms with Crippen LogP contribution >= 0.6 is 11.8 Å². The third-order valence-corrected chi connectivity index (χ3v) is 5.88. The molecule has 29 heavy (non-hydrogen) atoms. The second kappa shape index (κ2) is 8.45. The van der Waals surface area contributed by atoms with Crippen LogP contribution in [-0.4, -0.2) is 23.2 Å². The lowest BCUT2D eigenvalue weighted by Gasteiger charge is -2.20. The largest absolute Gasteiger partial charge is 0.325 e. The number of thioether (sulfide) groups is 1. The van der Waals surface area contributed by atoms with Crippen molar-refractivity contribution < 1.29 is 14.4 Å². The van der Waals surface area contributed by atoms with Crippen LogP contribution in [-0.2, 0) is 4.79 Å². The van der Waals surface area contributed by atoms with E-state index in [1.54, 1.807) is 54.2 Å². The number of benzene rings is 3. The number of carbonyl (C=O) groups excluding carboxylic acids is 3. The molecule has 0 aliphatic heterocycles. The van der Waals surface area contributed by atoms with Gasteiger partial charge in [-0.25, -0.2) is 0 Å². The van der Waals surface area contributed by atoms with Gasteiger partial charge in [0.25, 0.3) is 0 Å². The first-order valence-corrected chi connectivity index (χ1v) is 10.4. The molecule has 3 aromatic rings. The third kappa shape index (κ3) is 4.00. The highest BCUT2D eigenvalue weighted by Gasteiger charge is 2.31. The fraction of sp³-hybridized carbons (Fsp3) is 0.125. The summed E-state index contributed by atoms with van der Waals surface area (Å²) in [6.45, 7) is 0. The van der Waals surface area contributed by atoms with Crippen LogP contribution in [0.15, 0.2) is 77.7 Å². The molecule has 1 aliphatic rings. The molecule has 4 rings (SSSR count). The molecular formula is C24H19NO3S. The molecule has 1 amide bonds. The van der Waals surface area contributed by atoms with Crippen LogP contribution in [0.4, 0.5) is 5.69 Å². The number of ketones is 2. The monoisotopic (exact) mass is 401 g/mol. The normalized spacial score (nSPS) is 12.3. The number of fused-ring (bicyclic) bond motifs is 2. The lowest BCUT2D eigenvalue weighted by atomic mass is 9.83. The SMILES string of the molecule is O=C(CCCSc1ccccc1)Nc1cccc2c1C(=O)c1ccccc1C2=O. The van der Waals surface area contributed by atoms with E-state index in [4.69, 9.17) is 0 Å². The molecule has 0 saturated carbocycles. The standard InChI is InChI=1S/C24H19NO3S/c26-21(14-7-15-29-16-8-2-1-3-9-16)25-20-13-6-12-19-22(20)24(28)18-11-5-4-10-17(18)23(19)27/h1-6,8-13H,7,14-15H2,(H,25,26). The molecule has 0 atom stereocenters. The maximum atomic E-state index is 13.0. The van der Waals surface area contributed by atoms with Crippen molar-refractivity contribution in [3.8, 4) is 0 Å². The van der Waals surface area contributed by atoms with Crippen molar-refractivity contribution in [2.75, 3.05) is 11.1 Å². The highest BCUT2D eigenvalue weighted by molar-refractivity contribution is 7.99. The van der Waals surface area contributed by atoms with E-state index in [9.17, 15) is 14.4 Å². The summed E-state index contributed by atoms with van der Waals surface area (Å²) in [6, 6.07) is 21.8. The average molecular weight is 401 g/mol. The fourth-order valence-electron chi connectivity index (χ4n) is 3.40. The summed E-state index contributed by atoms with van der Waals surface area (Å²) in [5.41, 5.74) is 1.81. The molecule has 0 heterocycles.